The zero-order valence-electron chi connectivity index (χ0n) is 13.3. The molecule has 0 saturated carbocycles. The van der Waals surface area contributed by atoms with Gasteiger partial charge in [-0.25, -0.2) is 14.8 Å². The van der Waals surface area contributed by atoms with Gasteiger partial charge < -0.3 is 15.4 Å². The number of ether oxygens (including phenoxy) is 1. The van der Waals surface area contributed by atoms with Crippen molar-refractivity contribution in [3.8, 4) is 0 Å². The van der Waals surface area contributed by atoms with Crippen molar-refractivity contribution < 1.29 is 14.3 Å². The molecule has 7 nitrogen and oxygen atoms in total. The first-order chi connectivity index (χ1) is 11.7. The van der Waals surface area contributed by atoms with Gasteiger partial charge in [0.2, 0.25) is 5.95 Å². The molecular formula is C17H18N4O3. The molecule has 1 amide bonds. The Balaban J connectivity index is 2.13. The highest BCUT2D eigenvalue weighted by Gasteiger charge is 2.13. The van der Waals surface area contributed by atoms with E-state index in [1.165, 1.54) is 12.4 Å². The minimum absolute atomic E-state index is 0.270. The topological polar surface area (TPSA) is 93.2 Å². The van der Waals surface area contributed by atoms with Crippen LogP contribution in [0.25, 0.3) is 0 Å². The number of nitrogens with zero attached hydrogens (tertiary/aromatic N) is 2. The average Bonchev–Trinajstić information content (AvgIpc) is 2.61. The standard InChI is InChI=1S/C17H18N4O3/c1-3-9-18-15(22)12-10-19-17(20-11-12)21-14-8-6-5-7-13(14)16(23)24-4-2/h3,5-8,10-11H,1,4,9H2,2H3,(H,18,22)(H,19,20,21). The van der Waals surface area contributed by atoms with Crippen LogP contribution in [0.5, 0.6) is 0 Å². The third-order valence-electron chi connectivity index (χ3n) is 2.99. The van der Waals surface area contributed by atoms with Gasteiger partial charge in [-0.2, -0.15) is 0 Å². The largest absolute Gasteiger partial charge is 0.462 e. The van der Waals surface area contributed by atoms with E-state index in [2.05, 4.69) is 27.2 Å². The number of aromatic nitrogens is 2. The normalized spacial score (nSPS) is 9.88. The molecule has 1 heterocycles. The van der Waals surface area contributed by atoms with E-state index in [9.17, 15) is 9.59 Å². The number of hydrogen-bond acceptors (Lipinski definition) is 6. The molecule has 1 aromatic heterocycles. The fourth-order valence-electron chi connectivity index (χ4n) is 1.88. The van der Waals surface area contributed by atoms with Gasteiger partial charge in [0.05, 0.1) is 23.4 Å². The van der Waals surface area contributed by atoms with Crippen molar-refractivity contribution in [3.05, 3.63) is 60.4 Å². The number of anilines is 2. The van der Waals surface area contributed by atoms with Gasteiger partial charge in [-0.3, -0.25) is 4.79 Å². The number of carbonyl (C=O) groups excluding carboxylic acids is 2. The molecule has 0 aliphatic rings. The molecule has 0 unspecified atom stereocenters. The van der Waals surface area contributed by atoms with Gasteiger partial charge in [-0.05, 0) is 19.1 Å². The summed E-state index contributed by atoms with van der Waals surface area (Å²) in [7, 11) is 0. The molecule has 124 valence electrons. The number of rotatable bonds is 7. The second-order valence-corrected chi connectivity index (χ2v) is 4.69. The molecule has 0 bridgehead atoms. The summed E-state index contributed by atoms with van der Waals surface area (Å²) in [5.74, 6) is -0.443. The molecule has 0 fully saturated rings. The number of benzene rings is 1. The molecule has 0 spiro atoms. The number of nitrogens with one attached hydrogen (secondary N) is 2. The van der Waals surface area contributed by atoms with Crippen LogP contribution in [0, 0.1) is 0 Å². The van der Waals surface area contributed by atoms with E-state index in [1.54, 1.807) is 37.3 Å². The van der Waals surface area contributed by atoms with Crippen LogP contribution in [-0.4, -0.2) is 35.0 Å². The summed E-state index contributed by atoms with van der Waals surface area (Å²) in [6.07, 6.45) is 4.39. The van der Waals surface area contributed by atoms with Crippen LogP contribution in [0.1, 0.15) is 27.6 Å². The third kappa shape index (κ3) is 4.39. The summed E-state index contributed by atoms with van der Waals surface area (Å²) in [4.78, 5) is 31.9. The second kappa shape index (κ2) is 8.42. The molecule has 0 aliphatic heterocycles. The lowest BCUT2D eigenvalue weighted by atomic mass is 10.2. The Hall–Kier alpha value is -3.22. The van der Waals surface area contributed by atoms with Crippen molar-refractivity contribution in [3.63, 3.8) is 0 Å². The molecular weight excluding hydrogens is 308 g/mol. The molecule has 2 rings (SSSR count). The maximum atomic E-state index is 11.9. The number of hydrogen-bond donors (Lipinski definition) is 2. The van der Waals surface area contributed by atoms with E-state index >= 15 is 0 Å². The van der Waals surface area contributed by atoms with Gasteiger partial charge in [0.1, 0.15) is 0 Å². The van der Waals surface area contributed by atoms with Crippen LogP contribution in [-0.2, 0) is 4.74 Å². The van der Waals surface area contributed by atoms with Crippen LogP contribution in [0.2, 0.25) is 0 Å². The highest BCUT2D eigenvalue weighted by atomic mass is 16.5. The quantitative estimate of drug-likeness (QED) is 0.599. The first-order valence-corrected chi connectivity index (χ1v) is 7.40. The Morgan fingerprint density at radius 1 is 1.25 bits per heavy atom. The zero-order chi connectivity index (χ0) is 17.4. The first kappa shape index (κ1) is 17.1. The fourth-order valence-corrected chi connectivity index (χ4v) is 1.88. The second-order valence-electron chi connectivity index (χ2n) is 4.69. The van der Waals surface area contributed by atoms with Crippen LogP contribution >= 0.6 is 0 Å². The van der Waals surface area contributed by atoms with Crippen molar-refractivity contribution in [1.82, 2.24) is 15.3 Å². The Morgan fingerprint density at radius 3 is 2.62 bits per heavy atom. The molecule has 0 radical (unpaired) electrons. The zero-order valence-corrected chi connectivity index (χ0v) is 13.3. The highest BCUT2D eigenvalue weighted by Crippen LogP contribution is 2.19. The molecule has 0 saturated heterocycles. The van der Waals surface area contributed by atoms with E-state index in [-0.39, 0.29) is 18.5 Å². The number of carbonyl (C=O) groups is 2. The monoisotopic (exact) mass is 326 g/mol. The van der Waals surface area contributed by atoms with E-state index in [0.29, 0.717) is 23.4 Å². The predicted molar refractivity (Wildman–Crippen MR) is 90.2 cm³/mol. The molecule has 2 N–H and O–H groups in total. The van der Waals surface area contributed by atoms with Crippen molar-refractivity contribution in [2.75, 3.05) is 18.5 Å². The van der Waals surface area contributed by atoms with Crippen LogP contribution in [0.3, 0.4) is 0 Å². The van der Waals surface area contributed by atoms with Gasteiger partial charge in [0.15, 0.2) is 0 Å². The number of amides is 1. The fraction of sp³-hybridized carbons (Fsp3) is 0.176. The molecule has 2 aromatic rings. The Kier molecular flexibility index (Phi) is 6.01. The van der Waals surface area contributed by atoms with Crippen LogP contribution < -0.4 is 10.6 Å². The summed E-state index contributed by atoms with van der Waals surface area (Å²) in [5, 5.41) is 5.59. The molecule has 0 atom stereocenters. The molecule has 1 aromatic carbocycles. The van der Waals surface area contributed by atoms with Crippen molar-refractivity contribution >= 4 is 23.5 Å². The Bertz CT molecular complexity index is 729. The van der Waals surface area contributed by atoms with Crippen molar-refractivity contribution in [2.24, 2.45) is 0 Å². The van der Waals surface area contributed by atoms with Gasteiger partial charge >= 0.3 is 5.97 Å². The van der Waals surface area contributed by atoms with Gasteiger partial charge in [-0.1, -0.05) is 18.2 Å². The summed E-state index contributed by atoms with van der Waals surface area (Å²) < 4.78 is 5.01. The van der Waals surface area contributed by atoms with E-state index < -0.39 is 5.97 Å². The van der Waals surface area contributed by atoms with Crippen molar-refractivity contribution in [2.45, 2.75) is 6.92 Å². The number of esters is 1. The predicted octanol–water partition coefficient (Wildman–Crippen LogP) is 2.31. The lowest BCUT2D eigenvalue weighted by molar-refractivity contribution is 0.0527. The summed E-state index contributed by atoms with van der Waals surface area (Å²) >= 11 is 0. The summed E-state index contributed by atoms with van der Waals surface area (Å²) in [6.45, 7) is 5.93. The van der Waals surface area contributed by atoms with Gasteiger partial charge in [0.25, 0.3) is 5.91 Å². The SMILES string of the molecule is C=CCNC(=O)c1cnc(Nc2ccccc2C(=O)OCC)nc1. The van der Waals surface area contributed by atoms with Gasteiger partial charge in [0, 0.05) is 18.9 Å². The van der Waals surface area contributed by atoms with E-state index in [1.807, 2.05) is 0 Å². The maximum Gasteiger partial charge on any atom is 0.340 e. The minimum Gasteiger partial charge on any atom is -0.462 e. The molecule has 0 aliphatic carbocycles. The lowest BCUT2D eigenvalue weighted by Crippen LogP contribution is -2.23. The van der Waals surface area contributed by atoms with E-state index in [0.717, 1.165) is 0 Å². The van der Waals surface area contributed by atoms with Crippen LogP contribution in [0.15, 0.2) is 49.3 Å². The van der Waals surface area contributed by atoms with Crippen LogP contribution in [0.4, 0.5) is 11.6 Å². The number of para-hydroxylation sites is 1. The maximum absolute atomic E-state index is 11.9. The Labute approximate surface area is 139 Å². The minimum atomic E-state index is -0.430. The summed E-state index contributed by atoms with van der Waals surface area (Å²) in [6, 6.07) is 6.89. The third-order valence-corrected chi connectivity index (χ3v) is 2.99. The Morgan fingerprint density at radius 2 is 1.96 bits per heavy atom. The van der Waals surface area contributed by atoms with Gasteiger partial charge in [-0.15, -0.1) is 6.58 Å². The summed E-state index contributed by atoms with van der Waals surface area (Å²) in [5.41, 5.74) is 1.25. The molecule has 24 heavy (non-hydrogen) atoms. The highest BCUT2D eigenvalue weighted by molar-refractivity contribution is 5.96. The lowest BCUT2D eigenvalue weighted by Gasteiger charge is -2.10. The average molecular weight is 326 g/mol. The smallest absolute Gasteiger partial charge is 0.340 e. The first-order valence-electron chi connectivity index (χ1n) is 7.40. The van der Waals surface area contributed by atoms with E-state index in [4.69, 9.17) is 4.74 Å². The molecule has 7 heteroatoms. The van der Waals surface area contributed by atoms with Crippen molar-refractivity contribution in [1.29, 1.82) is 0 Å².